The van der Waals surface area contributed by atoms with Crippen LogP contribution in [0.15, 0.2) is 28.2 Å². The number of hydrogen-bond acceptors (Lipinski definition) is 3. The van der Waals surface area contributed by atoms with E-state index in [-0.39, 0.29) is 0 Å². The summed E-state index contributed by atoms with van der Waals surface area (Å²) in [6.45, 7) is 3.95. The van der Waals surface area contributed by atoms with E-state index in [2.05, 4.69) is 5.18 Å². The Kier molecular flexibility index (Phi) is 2.08. The van der Waals surface area contributed by atoms with Crippen LogP contribution in [0.5, 0.6) is 0 Å². The van der Waals surface area contributed by atoms with Crippen LogP contribution in [0.3, 0.4) is 0 Å². The average Bonchev–Trinajstić information content (AvgIpc) is 1.97. The van der Waals surface area contributed by atoms with Gasteiger partial charge in [-0.05, 0) is 36.1 Å². The molecule has 1 rings (SSSR count). The summed E-state index contributed by atoms with van der Waals surface area (Å²) in [5.41, 5.74) is 7.92. The fourth-order valence-corrected chi connectivity index (χ4v) is 1.21. The van der Waals surface area contributed by atoms with Crippen molar-refractivity contribution in [2.45, 2.75) is 20.3 Å². The van der Waals surface area contributed by atoms with Crippen molar-refractivity contribution in [3.05, 3.63) is 28.0 Å². The minimum Gasteiger partial charge on any atom is -0.402 e. The van der Waals surface area contributed by atoms with Crippen LogP contribution >= 0.6 is 0 Å². The molecule has 1 aliphatic carbocycles. The number of nitroso groups, excluding NO2 is 1. The van der Waals surface area contributed by atoms with E-state index in [1.807, 2.05) is 13.8 Å². The van der Waals surface area contributed by atoms with E-state index in [0.29, 0.717) is 11.6 Å². The molecule has 60 valence electrons. The molecule has 0 heterocycles. The molecule has 0 saturated heterocycles. The lowest BCUT2D eigenvalue weighted by Gasteiger charge is -2.17. The molecule has 0 aromatic heterocycles. The lowest BCUT2D eigenvalue weighted by atomic mass is 9.92. The van der Waals surface area contributed by atoms with E-state index in [1.54, 1.807) is 6.08 Å². The summed E-state index contributed by atoms with van der Waals surface area (Å²) in [4.78, 5) is 10.2. The number of hydrogen-bond donors (Lipinski definition) is 1. The van der Waals surface area contributed by atoms with Crippen molar-refractivity contribution in [3.8, 4) is 0 Å². The van der Waals surface area contributed by atoms with Crippen LogP contribution in [0.25, 0.3) is 0 Å². The first-order valence-corrected chi connectivity index (χ1v) is 3.65. The molecule has 0 amide bonds. The molecule has 0 spiro atoms. The molecule has 0 aromatic carbocycles. The van der Waals surface area contributed by atoms with E-state index in [9.17, 15) is 4.91 Å². The van der Waals surface area contributed by atoms with Crippen LogP contribution in [0.2, 0.25) is 0 Å². The third kappa shape index (κ3) is 1.48. The number of nitrogens with zero attached hydrogens (tertiary/aromatic N) is 1. The maximum atomic E-state index is 10.2. The van der Waals surface area contributed by atoms with Crippen LogP contribution in [0.4, 0.5) is 0 Å². The fourth-order valence-electron chi connectivity index (χ4n) is 1.21. The zero-order valence-corrected chi connectivity index (χ0v) is 6.79. The topological polar surface area (TPSA) is 55.5 Å². The summed E-state index contributed by atoms with van der Waals surface area (Å²) in [6, 6.07) is 0. The number of allylic oxidation sites excluding steroid dienone is 3. The fraction of sp³-hybridized carbons (Fsp3) is 0.500. The second-order valence-corrected chi connectivity index (χ2v) is 3.01. The molecule has 0 aromatic rings. The molecule has 0 radical (unpaired) electrons. The molecule has 3 heteroatoms. The zero-order valence-electron chi connectivity index (χ0n) is 6.79. The Hall–Kier alpha value is -1.12. The van der Waals surface area contributed by atoms with Gasteiger partial charge in [0.25, 0.3) is 0 Å². The van der Waals surface area contributed by atoms with Gasteiger partial charge in [0.2, 0.25) is 0 Å². The molecule has 11 heavy (non-hydrogen) atoms. The quantitative estimate of drug-likeness (QED) is 0.583. The molecule has 1 unspecified atom stereocenters. The third-order valence-electron chi connectivity index (χ3n) is 2.02. The molecule has 1 aliphatic rings. The summed E-state index contributed by atoms with van der Waals surface area (Å²) in [5.74, 6) is 0.348. The minimum atomic E-state index is 0.348. The van der Waals surface area contributed by atoms with E-state index in [1.165, 1.54) is 0 Å². The second-order valence-electron chi connectivity index (χ2n) is 3.01. The van der Waals surface area contributed by atoms with Crippen LogP contribution in [-0.2, 0) is 0 Å². The first-order chi connectivity index (χ1) is 5.15. The summed E-state index contributed by atoms with van der Waals surface area (Å²) < 4.78 is 0. The minimum absolute atomic E-state index is 0.348. The third-order valence-corrected chi connectivity index (χ3v) is 2.02. The second kappa shape index (κ2) is 2.86. The SMILES string of the molecule is CC1=C(N=O)C=C(N)C(C)C1. The highest BCUT2D eigenvalue weighted by atomic mass is 16.3. The van der Waals surface area contributed by atoms with Gasteiger partial charge in [0, 0.05) is 5.70 Å². The number of nitrogens with two attached hydrogens (primary N) is 1. The Bertz CT molecular complexity index is 240. The van der Waals surface area contributed by atoms with Gasteiger partial charge in [0.05, 0.1) is 0 Å². The van der Waals surface area contributed by atoms with Crippen LogP contribution < -0.4 is 5.73 Å². The maximum absolute atomic E-state index is 10.2. The van der Waals surface area contributed by atoms with Crippen LogP contribution in [0.1, 0.15) is 20.3 Å². The highest BCUT2D eigenvalue weighted by Gasteiger charge is 2.15. The summed E-state index contributed by atoms with van der Waals surface area (Å²) in [6.07, 6.45) is 2.51. The average molecular weight is 152 g/mol. The van der Waals surface area contributed by atoms with E-state index >= 15 is 0 Å². The van der Waals surface area contributed by atoms with Crippen LogP contribution in [-0.4, -0.2) is 0 Å². The van der Waals surface area contributed by atoms with Gasteiger partial charge in [-0.2, -0.15) is 0 Å². The van der Waals surface area contributed by atoms with Crippen molar-refractivity contribution in [1.82, 2.24) is 0 Å². The van der Waals surface area contributed by atoms with Crippen molar-refractivity contribution in [2.24, 2.45) is 16.8 Å². The predicted octanol–water partition coefficient (Wildman–Crippen LogP) is 1.91. The number of rotatable bonds is 1. The van der Waals surface area contributed by atoms with Crippen molar-refractivity contribution in [2.75, 3.05) is 0 Å². The van der Waals surface area contributed by atoms with Gasteiger partial charge in [-0.15, -0.1) is 4.91 Å². The molecule has 0 aliphatic heterocycles. The van der Waals surface area contributed by atoms with Crippen molar-refractivity contribution in [3.63, 3.8) is 0 Å². The first kappa shape index (κ1) is 7.98. The monoisotopic (exact) mass is 152 g/mol. The smallest absolute Gasteiger partial charge is 0.108 e. The Balaban J connectivity index is 2.96. The summed E-state index contributed by atoms with van der Waals surface area (Å²) >= 11 is 0. The van der Waals surface area contributed by atoms with Gasteiger partial charge in [-0.25, -0.2) is 0 Å². The summed E-state index contributed by atoms with van der Waals surface area (Å²) in [5, 5.41) is 2.89. The molecule has 3 nitrogen and oxygen atoms in total. The van der Waals surface area contributed by atoms with Gasteiger partial charge in [-0.3, -0.25) is 0 Å². The van der Waals surface area contributed by atoms with Gasteiger partial charge < -0.3 is 5.73 Å². The molecule has 2 N–H and O–H groups in total. The molecule has 1 atom stereocenters. The Labute approximate surface area is 65.9 Å². The molecular weight excluding hydrogens is 140 g/mol. The van der Waals surface area contributed by atoms with Crippen molar-refractivity contribution >= 4 is 0 Å². The van der Waals surface area contributed by atoms with Gasteiger partial charge in [0.1, 0.15) is 5.70 Å². The van der Waals surface area contributed by atoms with Gasteiger partial charge >= 0.3 is 0 Å². The largest absolute Gasteiger partial charge is 0.402 e. The molecule has 0 fully saturated rings. The maximum Gasteiger partial charge on any atom is 0.108 e. The van der Waals surface area contributed by atoms with Gasteiger partial charge in [0.15, 0.2) is 0 Å². The highest BCUT2D eigenvalue weighted by Crippen LogP contribution is 2.26. The summed E-state index contributed by atoms with van der Waals surface area (Å²) in [7, 11) is 0. The zero-order chi connectivity index (χ0) is 8.43. The van der Waals surface area contributed by atoms with E-state index in [0.717, 1.165) is 17.7 Å². The van der Waals surface area contributed by atoms with E-state index in [4.69, 9.17) is 5.73 Å². The van der Waals surface area contributed by atoms with Crippen LogP contribution in [0, 0.1) is 10.8 Å². The lowest BCUT2D eigenvalue weighted by molar-refractivity contribution is 0.646. The van der Waals surface area contributed by atoms with Crippen molar-refractivity contribution < 1.29 is 0 Å². The van der Waals surface area contributed by atoms with Crippen molar-refractivity contribution in [1.29, 1.82) is 0 Å². The van der Waals surface area contributed by atoms with E-state index < -0.39 is 0 Å². The molecule has 0 bridgehead atoms. The molecular formula is C8H12N2O. The normalized spacial score (nSPS) is 24.9. The standard InChI is InChI=1S/C8H12N2O/c1-5-3-6(2)8(10-11)4-7(5)9/h4-5H,3,9H2,1-2H3. The Morgan fingerprint density at radius 2 is 2.36 bits per heavy atom. The first-order valence-electron chi connectivity index (χ1n) is 3.65. The van der Waals surface area contributed by atoms with Gasteiger partial charge in [-0.1, -0.05) is 6.92 Å². The highest BCUT2D eigenvalue weighted by molar-refractivity contribution is 5.31. The Morgan fingerprint density at radius 1 is 1.73 bits per heavy atom. The molecule has 0 saturated carbocycles. The predicted molar refractivity (Wildman–Crippen MR) is 44.5 cm³/mol. The lowest BCUT2D eigenvalue weighted by Crippen LogP contribution is -2.13. The Morgan fingerprint density at radius 3 is 2.91 bits per heavy atom.